The number of aromatic amines is 1. The van der Waals surface area contributed by atoms with Crippen LogP contribution in [-0.2, 0) is 17.7 Å². The third kappa shape index (κ3) is 2.90. The van der Waals surface area contributed by atoms with Crippen LogP contribution in [0.25, 0.3) is 10.3 Å². The summed E-state index contributed by atoms with van der Waals surface area (Å²) in [5.41, 5.74) is 5.05. The van der Waals surface area contributed by atoms with Gasteiger partial charge in [-0.3, -0.25) is 9.58 Å². The molecule has 22 heavy (non-hydrogen) atoms. The fourth-order valence-corrected chi connectivity index (χ4v) is 3.49. The Morgan fingerprint density at radius 1 is 1.27 bits per heavy atom. The summed E-state index contributed by atoms with van der Waals surface area (Å²) in [6, 6.07) is 0. The number of ether oxygens (including phenoxy) is 1. The highest BCUT2D eigenvalue weighted by molar-refractivity contribution is 7.16. The lowest BCUT2D eigenvalue weighted by molar-refractivity contribution is 0.0359. The largest absolute Gasteiger partial charge is 0.379 e. The second kappa shape index (κ2) is 6.15. The van der Waals surface area contributed by atoms with Crippen LogP contribution in [0.5, 0.6) is 0 Å². The third-order valence-electron chi connectivity index (χ3n) is 3.95. The maximum absolute atomic E-state index is 5.36. The summed E-state index contributed by atoms with van der Waals surface area (Å²) in [7, 11) is 0. The van der Waals surface area contributed by atoms with Crippen molar-refractivity contribution < 1.29 is 4.74 Å². The predicted octanol–water partition coefficient (Wildman–Crippen LogP) is 1.14. The Labute approximate surface area is 131 Å². The Morgan fingerprint density at radius 2 is 2.18 bits per heavy atom. The van der Waals surface area contributed by atoms with Gasteiger partial charge in [0.05, 0.1) is 35.7 Å². The Morgan fingerprint density at radius 3 is 3.09 bits per heavy atom. The Bertz CT molecular complexity index is 741. The lowest BCUT2D eigenvalue weighted by Gasteiger charge is -2.26. The van der Waals surface area contributed by atoms with Crippen LogP contribution in [0.2, 0.25) is 0 Å². The topological polar surface area (TPSA) is 71.9 Å². The van der Waals surface area contributed by atoms with E-state index in [1.807, 2.05) is 22.6 Å². The fourth-order valence-electron chi connectivity index (χ4n) is 2.72. The van der Waals surface area contributed by atoms with Crippen LogP contribution >= 0.6 is 11.3 Å². The molecule has 1 aliphatic heterocycles. The molecular weight excluding hydrogens is 300 g/mol. The van der Waals surface area contributed by atoms with Gasteiger partial charge in [0, 0.05) is 38.4 Å². The lowest BCUT2D eigenvalue weighted by Crippen LogP contribution is -2.38. The number of hydrogen-bond acceptors (Lipinski definition) is 6. The first kappa shape index (κ1) is 13.9. The minimum absolute atomic E-state index is 0.791. The van der Waals surface area contributed by atoms with E-state index in [-0.39, 0.29) is 0 Å². The van der Waals surface area contributed by atoms with Gasteiger partial charge in [0.1, 0.15) is 5.65 Å². The molecule has 0 aliphatic carbocycles. The van der Waals surface area contributed by atoms with Crippen molar-refractivity contribution in [2.45, 2.75) is 13.0 Å². The van der Waals surface area contributed by atoms with Crippen molar-refractivity contribution in [2.24, 2.45) is 0 Å². The first-order valence-corrected chi connectivity index (χ1v) is 8.35. The molecule has 0 spiro atoms. The van der Waals surface area contributed by atoms with Crippen LogP contribution in [0.3, 0.4) is 0 Å². The van der Waals surface area contributed by atoms with E-state index in [0.29, 0.717) is 0 Å². The van der Waals surface area contributed by atoms with Crippen molar-refractivity contribution in [3.8, 4) is 0 Å². The van der Waals surface area contributed by atoms with Gasteiger partial charge in [-0.2, -0.15) is 0 Å². The first-order chi connectivity index (χ1) is 10.9. The van der Waals surface area contributed by atoms with Gasteiger partial charge in [0.25, 0.3) is 0 Å². The average Bonchev–Trinajstić information content (AvgIpc) is 3.25. The van der Waals surface area contributed by atoms with Crippen LogP contribution in [0.15, 0.2) is 17.9 Å². The molecule has 1 aliphatic rings. The second-order valence-corrected chi connectivity index (χ2v) is 6.30. The molecule has 4 rings (SSSR count). The van der Waals surface area contributed by atoms with E-state index in [0.717, 1.165) is 57.2 Å². The molecule has 4 heterocycles. The van der Waals surface area contributed by atoms with E-state index in [2.05, 4.69) is 25.2 Å². The number of aromatic nitrogens is 5. The predicted molar refractivity (Wildman–Crippen MR) is 84.1 cm³/mol. The van der Waals surface area contributed by atoms with Gasteiger partial charge in [-0.25, -0.2) is 4.98 Å². The van der Waals surface area contributed by atoms with Crippen LogP contribution in [0.1, 0.15) is 11.3 Å². The summed E-state index contributed by atoms with van der Waals surface area (Å²) in [5.74, 6) is 0. The summed E-state index contributed by atoms with van der Waals surface area (Å²) < 4.78 is 8.50. The summed E-state index contributed by atoms with van der Waals surface area (Å²) in [4.78, 5) is 9.86. The normalized spacial score (nSPS) is 16.5. The second-order valence-electron chi connectivity index (χ2n) is 5.45. The van der Waals surface area contributed by atoms with Gasteiger partial charge in [-0.15, -0.1) is 16.4 Å². The van der Waals surface area contributed by atoms with Crippen molar-refractivity contribution >= 4 is 21.7 Å². The molecule has 3 aromatic heterocycles. The van der Waals surface area contributed by atoms with Crippen LogP contribution in [-0.4, -0.2) is 62.7 Å². The average molecular weight is 318 g/mol. The lowest BCUT2D eigenvalue weighted by atomic mass is 10.2. The summed E-state index contributed by atoms with van der Waals surface area (Å²) in [6.07, 6.45) is 4.85. The van der Waals surface area contributed by atoms with Gasteiger partial charge in [0.2, 0.25) is 0 Å². The molecule has 0 atom stereocenters. The number of nitrogens with one attached hydrogen (secondary N) is 1. The van der Waals surface area contributed by atoms with E-state index in [9.17, 15) is 0 Å². The smallest absolute Gasteiger partial charge is 0.148 e. The third-order valence-corrected chi connectivity index (χ3v) is 4.85. The van der Waals surface area contributed by atoms with Crippen molar-refractivity contribution in [1.29, 1.82) is 0 Å². The number of rotatable bonds is 5. The minimum Gasteiger partial charge on any atom is -0.379 e. The van der Waals surface area contributed by atoms with Crippen molar-refractivity contribution in [2.75, 3.05) is 32.8 Å². The number of thiazole rings is 1. The highest BCUT2D eigenvalue weighted by atomic mass is 32.1. The molecule has 1 N–H and O–H groups in total. The molecule has 1 saturated heterocycles. The quantitative estimate of drug-likeness (QED) is 0.764. The highest BCUT2D eigenvalue weighted by Gasteiger charge is 2.12. The number of H-pyrrole nitrogens is 1. The number of hydrogen-bond donors (Lipinski definition) is 1. The Kier molecular flexibility index (Phi) is 3.88. The molecule has 0 amide bonds. The van der Waals surface area contributed by atoms with Crippen LogP contribution in [0.4, 0.5) is 0 Å². The van der Waals surface area contributed by atoms with Crippen molar-refractivity contribution in [3.05, 3.63) is 29.2 Å². The van der Waals surface area contributed by atoms with Crippen LogP contribution in [0, 0.1) is 0 Å². The molecule has 8 heteroatoms. The van der Waals surface area contributed by atoms with Gasteiger partial charge >= 0.3 is 0 Å². The fraction of sp³-hybridized carbons (Fsp3) is 0.500. The molecule has 0 aromatic carbocycles. The van der Waals surface area contributed by atoms with Crippen molar-refractivity contribution in [3.63, 3.8) is 0 Å². The maximum atomic E-state index is 5.36. The van der Waals surface area contributed by atoms with Crippen molar-refractivity contribution in [1.82, 2.24) is 29.9 Å². The molecule has 116 valence electrons. The SMILES string of the molecule is c1nc2[nH]cc(Cc3cn(CCN4CCOCC4)nn3)c2s1. The highest BCUT2D eigenvalue weighted by Crippen LogP contribution is 2.23. The Hall–Kier alpha value is -1.77. The summed E-state index contributed by atoms with van der Waals surface area (Å²) in [6.45, 7) is 5.55. The molecule has 1 fully saturated rings. The molecule has 3 aromatic rings. The Balaban J connectivity index is 1.38. The van der Waals surface area contributed by atoms with Gasteiger partial charge in [-0.1, -0.05) is 5.21 Å². The number of fused-ring (bicyclic) bond motifs is 1. The zero-order valence-electron chi connectivity index (χ0n) is 12.2. The molecule has 7 nitrogen and oxygen atoms in total. The maximum Gasteiger partial charge on any atom is 0.148 e. The molecule has 0 unspecified atom stereocenters. The standard InChI is InChI=1S/C14H18N6OS/c1(19-3-5-21-6-4-19)2-20-9-12(17-18-20)7-11-8-15-14-13(11)22-10-16-14/h8-10,15H,1-7H2. The molecule has 0 saturated carbocycles. The molecular formula is C14H18N6OS. The molecule has 0 bridgehead atoms. The minimum atomic E-state index is 0.791. The van der Waals surface area contributed by atoms with Gasteiger partial charge in [0.15, 0.2) is 0 Å². The van der Waals surface area contributed by atoms with Gasteiger partial charge in [-0.05, 0) is 5.56 Å². The van der Waals surface area contributed by atoms with Crippen LogP contribution < -0.4 is 0 Å². The molecule has 0 radical (unpaired) electrons. The summed E-state index contributed by atoms with van der Waals surface area (Å²) in [5, 5.41) is 8.52. The van der Waals surface area contributed by atoms with E-state index in [4.69, 9.17) is 4.74 Å². The number of nitrogens with zero attached hydrogens (tertiary/aromatic N) is 5. The van der Waals surface area contributed by atoms with E-state index < -0.39 is 0 Å². The summed E-state index contributed by atoms with van der Waals surface area (Å²) >= 11 is 1.66. The van der Waals surface area contributed by atoms with E-state index in [1.54, 1.807) is 11.3 Å². The zero-order valence-corrected chi connectivity index (χ0v) is 13.1. The van der Waals surface area contributed by atoms with Gasteiger partial charge < -0.3 is 9.72 Å². The zero-order chi connectivity index (χ0) is 14.8. The monoisotopic (exact) mass is 318 g/mol. The van der Waals surface area contributed by atoms with E-state index in [1.165, 1.54) is 10.3 Å². The number of morpholine rings is 1. The van der Waals surface area contributed by atoms with E-state index >= 15 is 0 Å². The first-order valence-electron chi connectivity index (χ1n) is 7.47.